The maximum atomic E-state index is 13.4. The number of benzene rings is 1. The molecule has 0 aromatic heterocycles. The van der Waals surface area contributed by atoms with Crippen LogP contribution >= 0.6 is 0 Å². The SMILES string of the molecule is CC(C)CC(NC(=O)C(N)CCCN=C(N)N)C(=O)NC(CCCN=C(N)N)C(=O)NC(Cc1ccccc1)C(=O)O. The molecule has 14 N–H and O–H groups in total. The number of hydrogen-bond acceptors (Lipinski definition) is 7. The lowest BCUT2D eigenvalue weighted by Gasteiger charge is -2.26. The van der Waals surface area contributed by atoms with Gasteiger partial charge in [0.25, 0.3) is 0 Å². The van der Waals surface area contributed by atoms with Crippen LogP contribution in [0.25, 0.3) is 0 Å². The Morgan fingerprint density at radius 3 is 1.79 bits per heavy atom. The third-order valence-electron chi connectivity index (χ3n) is 6.12. The number of aliphatic imine (C=N–C) groups is 2. The molecule has 0 saturated carbocycles. The second-order valence-electron chi connectivity index (χ2n) is 10.3. The second-order valence-corrected chi connectivity index (χ2v) is 10.3. The van der Waals surface area contributed by atoms with Gasteiger partial charge in [-0.3, -0.25) is 24.4 Å². The van der Waals surface area contributed by atoms with Crippen molar-refractivity contribution in [3.05, 3.63) is 35.9 Å². The summed E-state index contributed by atoms with van der Waals surface area (Å²) >= 11 is 0. The molecule has 42 heavy (non-hydrogen) atoms. The van der Waals surface area contributed by atoms with Crippen molar-refractivity contribution < 1.29 is 24.3 Å². The molecule has 0 radical (unpaired) electrons. The van der Waals surface area contributed by atoms with Crippen LogP contribution in [0.5, 0.6) is 0 Å². The van der Waals surface area contributed by atoms with E-state index in [2.05, 4.69) is 25.9 Å². The fourth-order valence-electron chi connectivity index (χ4n) is 4.00. The number of rotatable bonds is 19. The lowest BCUT2D eigenvalue weighted by molar-refractivity contribution is -0.142. The first kappa shape index (κ1) is 35.6. The molecule has 1 aromatic carbocycles. The van der Waals surface area contributed by atoms with E-state index in [0.717, 1.165) is 0 Å². The third-order valence-corrected chi connectivity index (χ3v) is 6.12. The first-order valence-electron chi connectivity index (χ1n) is 13.8. The van der Waals surface area contributed by atoms with Crippen LogP contribution in [0.2, 0.25) is 0 Å². The van der Waals surface area contributed by atoms with Crippen LogP contribution in [-0.2, 0) is 25.6 Å². The molecule has 0 bridgehead atoms. The molecule has 0 spiro atoms. The van der Waals surface area contributed by atoms with Gasteiger partial charge in [0.2, 0.25) is 17.7 Å². The van der Waals surface area contributed by atoms with Gasteiger partial charge in [-0.25, -0.2) is 4.79 Å². The minimum absolute atomic E-state index is 0.00977. The normalized spacial score (nSPS) is 13.6. The highest BCUT2D eigenvalue weighted by molar-refractivity contribution is 5.94. The van der Waals surface area contributed by atoms with Crippen molar-refractivity contribution in [2.24, 2.45) is 44.6 Å². The minimum atomic E-state index is -1.24. The van der Waals surface area contributed by atoms with Crippen molar-refractivity contribution in [2.75, 3.05) is 13.1 Å². The number of nitrogens with two attached hydrogens (primary N) is 5. The first-order chi connectivity index (χ1) is 19.8. The van der Waals surface area contributed by atoms with Gasteiger partial charge in [0.1, 0.15) is 18.1 Å². The number of hydrogen-bond donors (Lipinski definition) is 9. The van der Waals surface area contributed by atoms with Gasteiger partial charge >= 0.3 is 5.97 Å². The zero-order valence-electron chi connectivity index (χ0n) is 24.3. The molecule has 0 heterocycles. The number of carbonyl (C=O) groups excluding carboxylic acids is 3. The van der Waals surface area contributed by atoms with Crippen molar-refractivity contribution in [1.82, 2.24) is 16.0 Å². The molecule has 1 aromatic rings. The number of nitrogens with one attached hydrogen (secondary N) is 3. The molecular formula is C27H46N10O5. The fraction of sp³-hybridized carbons (Fsp3) is 0.556. The van der Waals surface area contributed by atoms with Crippen molar-refractivity contribution >= 4 is 35.6 Å². The van der Waals surface area contributed by atoms with E-state index in [1.807, 2.05) is 13.8 Å². The van der Waals surface area contributed by atoms with E-state index in [1.54, 1.807) is 30.3 Å². The number of carbonyl (C=O) groups is 4. The number of nitrogens with zero attached hydrogens (tertiary/aromatic N) is 2. The Morgan fingerprint density at radius 1 is 0.762 bits per heavy atom. The van der Waals surface area contributed by atoms with Crippen LogP contribution < -0.4 is 44.6 Å². The van der Waals surface area contributed by atoms with Crippen molar-refractivity contribution in [1.29, 1.82) is 0 Å². The van der Waals surface area contributed by atoms with Gasteiger partial charge in [-0.1, -0.05) is 44.2 Å². The molecule has 4 atom stereocenters. The van der Waals surface area contributed by atoms with Crippen LogP contribution in [-0.4, -0.2) is 78.0 Å². The van der Waals surface area contributed by atoms with Gasteiger partial charge in [-0.2, -0.15) is 0 Å². The molecule has 3 amide bonds. The van der Waals surface area contributed by atoms with Gasteiger partial charge in [0.15, 0.2) is 11.9 Å². The largest absolute Gasteiger partial charge is 0.480 e. The Morgan fingerprint density at radius 2 is 1.26 bits per heavy atom. The van der Waals surface area contributed by atoms with E-state index in [1.165, 1.54) is 0 Å². The Hall–Kier alpha value is -4.40. The lowest BCUT2D eigenvalue weighted by atomic mass is 10.0. The van der Waals surface area contributed by atoms with E-state index in [9.17, 15) is 24.3 Å². The highest BCUT2D eigenvalue weighted by atomic mass is 16.4. The summed E-state index contributed by atoms with van der Waals surface area (Å²) < 4.78 is 0. The predicted molar refractivity (Wildman–Crippen MR) is 161 cm³/mol. The Balaban J connectivity index is 3.02. The minimum Gasteiger partial charge on any atom is -0.480 e. The molecular weight excluding hydrogens is 544 g/mol. The third kappa shape index (κ3) is 14.8. The number of amides is 3. The molecule has 0 aliphatic carbocycles. The zero-order chi connectivity index (χ0) is 31.7. The zero-order valence-corrected chi connectivity index (χ0v) is 24.3. The Labute approximate surface area is 246 Å². The molecule has 15 heteroatoms. The van der Waals surface area contributed by atoms with Crippen LogP contribution in [0.15, 0.2) is 40.3 Å². The molecule has 0 aliphatic heterocycles. The highest BCUT2D eigenvalue weighted by Crippen LogP contribution is 2.09. The second kappa shape index (κ2) is 18.9. The molecule has 4 unspecified atom stereocenters. The summed E-state index contributed by atoms with van der Waals surface area (Å²) in [5, 5.41) is 17.6. The Kier molecular flexibility index (Phi) is 16.0. The number of carboxylic acids is 1. The standard InChI is InChI=1S/C27H46N10O5/c1-16(2)14-20(36-22(38)18(28)10-6-12-33-26(29)30)24(40)35-19(11-7-13-34-27(31)32)23(39)37-21(25(41)42)15-17-8-4-3-5-9-17/h3-5,8-9,16,18-21H,6-7,10-15,28H2,1-2H3,(H,35,40)(H,36,38)(H,37,39)(H,41,42)(H4,29,30,33)(H4,31,32,34). The highest BCUT2D eigenvalue weighted by Gasteiger charge is 2.30. The Bertz CT molecular complexity index is 1070. The van der Waals surface area contributed by atoms with E-state index in [-0.39, 0.29) is 50.1 Å². The monoisotopic (exact) mass is 590 g/mol. The predicted octanol–water partition coefficient (Wildman–Crippen LogP) is -1.75. The van der Waals surface area contributed by atoms with E-state index in [0.29, 0.717) is 24.9 Å². The molecule has 0 fully saturated rings. The average Bonchev–Trinajstić information content (AvgIpc) is 2.91. The maximum absolute atomic E-state index is 13.4. The summed E-state index contributed by atoms with van der Waals surface area (Å²) in [5.41, 5.74) is 28.1. The smallest absolute Gasteiger partial charge is 0.326 e. The van der Waals surface area contributed by atoms with Gasteiger partial charge in [0.05, 0.1) is 6.04 Å². The summed E-state index contributed by atoms with van der Waals surface area (Å²) in [6, 6.07) is 4.57. The molecule has 0 saturated heterocycles. The topological polar surface area (TPSA) is 279 Å². The van der Waals surface area contributed by atoms with Crippen LogP contribution in [0, 0.1) is 5.92 Å². The van der Waals surface area contributed by atoms with Crippen LogP contribution in [0.4, 0.5) is 0 Å². The molecule has 0 aliphatic rings. The van der Waals surface area contributed by atoms with Crippen molar-refractivity contribution in [2.45, 2.75) is 76.5 Å². The maximum Gasteiger partial charge on any atom is 0.326 e. The summed E-state index contributed by atoms with van der Waals surface area (Å²) in [5.74, 6) is -3.24. The van der Waals surface area contributed by atoms with Crippen molar-refractivity contribution in [3.8, 4) is 0 Å². The fourth-order valence-corrected chi connectivity index (χ4v) is 4.00. The van der Waals surface area contributed by atoms with E-state index in [4.69, 9.17) is 28.7 Å². The van der Waals surface area contributed by atoms with E-state index >= 15 is 0 Å². The van der Waals surface area contributed by atoms with Gasteiger partial charge in [0, 0.05) is 19.5 Å². The van der Waals surface area contributed by atoms with Gasteiger partial charge < -0.3 is 49.7 Å². The number of carboxylic acid groups (broad SMARTS) is 1. The quantitative estimate of drug-likeness (QED) is 0.0497. The van der Waals surface area contributed by atoms with Gasteiger partial charge in [-0.05, 0) is 43.6 Å². The molecule has 1 rings (SSSR count). The molecule has 15 nitrogen and oxygen atoms in total. The lowest BCUT2D eigenvalue weighted by Crippen LogP contribution is -2.57. The van der Waals surface area contributed by atoms with Gasteiger partial charge in [-0.15, -0.1) is 0 Å². The summed E-state index contributed by atoms with van der Waals surface area (Å²) in [6.07, 6.45) is 1.48. The first-order valence-corrected chi connectivity index (χ1v) is 13.8. The average molecular weight is 591 g/mol. The van der Waals surface area contributed by atoms with Crippen molar-refractivity contribution in [3.63, 3.8) is 0 Å². The van der Waals surface area contributed by atoms with Crippen LogP contribution in [0.1, 0.15) is 51.5 Å². The number of aliphatic carboxylic acids is 1. The summed E-state index contributed by atoms with van der Waals surface area (Å²) in [6.45, 7) is 4.25. The summed E-state index contributed by atoms with van der Waals surface area (Å²) in [7, 11) is 0. The number of guanidine groups is 2. The van der Waals surface area contributed by atoms with E-state index < -0.39 is 47.9 Å². The van der Waals surface area contributed by atoms with Crippen LogP contribution in [0.3, 0.4) is 0 Å². The molecule has 234 valence electrons. The summed E-state index contributed by atoms with van der Waals surface area (Å²) in [4.78, 5) is 59.1.